The van der Waals surface area contributed by atoms with E-state index in [1.54, 1.807) is 7.11 Å². The van der Waals surface area contributed by atoms with Gasteiger partial charge in [-0.05, 0) is 25.1 Å². The topological polar surface area (TPSA) is 43.4 Å². The Balaban J connectivity index is 2.27. The van der Waals surface area contributed by atoms with Gasteiger partial charge in [0.15, 0.2) is 0 Å². The van der Waals surface area contributed by atoms with Crippen LogP contribution in [0.25, 0.3) is 0 Å². The second kappa shape index (κ2) is 9.10. The van der Waals surface area contributed by atoms with E-state index in [4.69, 9.17) is 9.47 Å². The maximum absolute atomic E-state index is 5.52. The number of nitrogens with zero attached hydrogens (tertiary/aromatic N) is 1. The summed E-state index contributed by atoms with van der Waals surface area (Å²) in [5.74, 6) is 0. The van der Waals surface area contributed by atoms with Crippen molar-refractivity contribution in [1.29, 1.82) is 0 Å². The third-order valence-corrected chi connectivity index (χ3v) is 2.31. The molecule has 0 saturated carbocycles. The van der Waals surface area contributed by atoms with Crippen molar-refractivity contribution in [1.82, 2.24) is 10.3 Å². The highest BCUT2D eigenvalue weighted by Gasteiger charge is 1.98. The second-order valence-corrected chi connectivity index (χ2v) is 3.80. The molecule has 0 spiro atoms. The highest BCUT2D eigenvalue weighted by Crippen LogP contribution is 2.01. The zero-order valence-corrected chi connectivity index (χ0v) is 10.7. The maximum Gasteiger partial charge on any atom is 0.0887 e. The van der Waals surface area contributed by atoms with Crippen LogP contribution in [0.2, 0.25) is 0 Å². The van der Waals surface area contributed by atoms with Gasteiger partial charge in [0, 0.05) is 26.9 Å². The SMILES string of the molecule is CCNCc1cccc(COCCCOC)n1. The Bertz CT molecular complexity index is 305. The maximum atomic E-state index is 5.52. The Morgan fingerprint density at radius 2 is 2.06 bits per heavy atom. The van der Waals surface area contributed by atoms with Crippen LogP contribution in [0.4, 0.5) is 0 Å². The highest BCUT2D eigenvalue weighted by atomic mass is 16.5. The first-order chi connectivity index (χ1) is 8.36. The molecule has 0 aliphatic rings. The number of methoxy groups -OCH3 is 1. The number of hydrogen-bond donors (Lipinski definition) is 1. The van der Waals surface area contributed by atoms with Crippen molar-refractivity contribution in [3.8, 4) is 0 Å². The van der Waals surface area contributed by atoms with Crippen molar-refractivity contribution >= 4 is 0 Å². The molecule has 0 aromatic carbocycles. The molecule has 1 N–H and O–H groups in total. The Hall–Kier alpha value is -0.970. The minimum atomic E-state index is 0.573. The predicted molar refractivity (Wildman–Crippen MR) is 67.8 cm³/mol. The second-order valence-electron chi connectivity index (χ2n) is 3.80. The summed E-state index contributed by atoms with van der Waals surface area (Å²) < 4.78 is 10.5. The lowest BCUT2D eigenvalue weighted by Crippen LogP contribution is -2.13. The van der Waals surface area contributed by atoms with Crippen LogP contribution in [-0.2, 0) is 22.6 Å². The quantitative estimate of drug-likeness (QED) is 0.666. The van der Waals surface area contributed by atoms with E-state index in [9.17, 15) is 0 Å². The minimum Gasteiger partial charge on any atom is -0.385 e. The lowest BCUT2D eigenvalue weighted by molar-refractivity contribution is 0.0909. The summed E-state index contributed by atoms with van der Waals surface area (Å²) in [5.41, 5.74) is 2.04. The van der Waals surface area contributed by atoms with E-state index in [0.29, 0.717) is 13.2 Å². The van der Waals surface area contributed by atoms with Crippen LogP contribution in [0.5, 0.6) is 0 Å². The Morgan fingerprint density at radius 3 is 2.82 bits per heavy atom. The van der Waals surface area contributed by atoms with Gasteiger partial charge in [0.1, 0.15) is 0 Å². The van der Waals surface area contributed by atoms with Crippen molar-refractivity contribution in [2.24, 2.45) is 0 Å². The lowest BCUT2D eigenvalue weighted by Gasteiger charge is -2.06. The number of ether oxygens (including phenoxy) is 2. The highest BCUT2D eigenvalue weighted by molar-refractivity contribution is 5.10. The van der Waals surface area contributed by atoms with Gasteiger partial charge in [-0.2, -0.15) is 0 Å². The number of pyridine rings is 1. The largest absolute Gasteiger partial charge is 0.385 e. The normalized spacial score (nSPS) is 10.7. The monoisotopic (exact) mass is 238 g/mol. The van der Waals surface area contributed by atoms with Gasteiger partial charge in [0.05, 0.1) is 18.0 Å². The predicted octanol–water partition coefficient (Wildman–Crippen LogP) is 1.74. The van der Waals surface area contributed by atoms with Crippen LogP contribution < -0.4 is 5.32 Å². The molecule has 4 nitrogen and oxygen atoms in total. The molecule has 1 aromatic heterocycles. The fourth-order valence-corrected chi connectivity index (χ4v) is 1.44. The van der Waals surface area contributed by atoms with Gasteiger partial charge < -0.3 is 14.8 Å². The Kier molecular flexibility index (Phi) is 7.54. The number of nitrogens with one attached hydrogen (secondary N) is 1. The molecule has 0 amide bonds. The summed E-state index contributed by atoms with van der Waals surface area (Å²) in [7, 11) is 1.70. The van der Waals surface area contributed by atoms with Gasteiger partial charge in [0.25, 0.3) is 0 Å². The van der Waals surface area contributed by atoms with Crippen molar-refractivity contribution in [2.75, 3.05) is 26.9 Å². The van der Waals surface area contributed by atoms with E-state index in [-0.39, 0.29) is 0 Å². The molecule has 0 aliphatic carbocycles. The van der Waals surface area contributed by atoms with Crippen molar-refractivity contribution in [3.63, 3.8) is 0 Å². The fraction of sp³-hybridized carbons (Fsp3) is 0.615. The van der Waals surface area contributed by atoms with Gasteiger partial charge in [-0.3, -0.25) is 4.98 Å². The van der Waals surface area contributed by atoms with Crippen molar-refractivity contribution in [3.05, 3.63) is 29.6 Å². The fourth-order valence-electron chi connectivity index (χ4n) is 1.44. The molecular formula is C13H22N2O2. The van der Waals surface area contributed by atoms with Crippen LogP contribution in [0.15, 0.2) is 18.2 Å². The summed E-state index contributed by atoms with van der Waals surface area (Å²) in [6.45, 7) is 5.89. The Morgan fingerprint density at radius 1 is 1.24 bits per heavy atom. The number of hydrogen-bond acceptors (Lipinski definition) is 4. The summed E-state index contributed by atoms with van der Waals surface area (Å²) >= 11 is 0. The molecule has 0 radical (unpaired) electrons. The van der Waals surface area contributed by atoms with Crippen LogP contribution in [0.3, 0.4) is 0 Å². The van der Waals surface area contributed by atoms with Gasteiger partial charge in [0.2, 0.25) is 0 Å². The first-order valence-corrected chi connectivity index (χ1v) is 6.09. The number of aromatic nitrogens is 1. The van der Waals surface area contributed by atoms with Gasteiger partial charge >= 0.3 is 0 Å². The van der Waals surface area contributed by atoms with E-state index in [2.05, 4.69) is 17.2 Å². The van der Waals surface area contributed by atoms with E-state index in [1.807, 2.05) is 18.2 Å². The van der Waals surface area contributed by atoms with E-state index < -0.39 is 0 Å². The molecule has 0 atom stereocenters. The zero-order chi connectivity index (χ0) is 12.3. The molecule has 0 aliphatic heterocycles. The number of rotatable bonds is 9. The zero-order valence-electron chi connectivity index (χ0n) is 10.7. The molecule has 1 heterocycles. The van der Waals surface area contributed by atoms with Gasteiger partial charge in [-0.1, -0.05) is 13.0 Å². The average molecular weight is 238 g/mol. The third kappa shape index (κ3) is 6.36. The van der Waals surface area contributed by atoms with E-state index in [1.165, 1.54) is 0 Å². The molecular weight excluding hydrogens is 216 g/mol. The first kappa shape index (κ1) is 14.1. The minimum absolute atomic E-state index is 0.573. The van der Waals surface area contributed by atoms with Crippen molar-refractivity contribution in [2.45, 2.75) is 26.5 Å². The summed E-state index contributed by atoms with van der Waals surface area (Å²) in [6, 6.07) is 6.04. The molecule has 1 rings (SSSR count). The molecule has 0 fully saturated rings. The van der Waals surface area contributed by atoms with Crippen molar-refractivity contribution < 1.29 is 9.47 Å². The molecule has 17 heavy (non-hydrogen) atoms. The smallest absolute Gasteiger partial charge is 0.0887 e. The van der Waals surface area contributed by atoms with E-state index >= 15 is 0 Å². The average Bonchev–Trinajstić information content (AvgIpc) is 2.37. The Labute approximate surface area is 103 Å². The molecule has 0 bridgehead atoms. The first-order valence-electron chi connectivity index (χ1n) is 6.09. The molecule has 4 heteroatoms. The van der Waals surface area contributed by atoms with Gasteiger partial charge in [-0.25, -0.2) is 0 Å². The third-order valence-electron chi connectivity index (χ3n) is 2.31. The van der Waals surface area contributed by atoms with Crippen LogP contribution in [0.1, 0.15) is 24.7 Å². The molecule has 0 saturated heterocycles. The summed E-state index contributed by atoms with van der Waals surface area (Å²) in [5, 5.41) is 3.26. The molecule has 1 aromatic rings. The summed E-state index contributed by atoms with van der Waals surface area (Å²) in [4.78, 5) is 4.51. The van der Waals surface area contributed by atoms with Crippen LogP contribution in [-0.4, -0.2) is 31.9 Å². The molecule has 96 valence electrons. The van der Waals surface area contributed by atoms with E-state index in [0.717, 1.165) is 37.5 Å². The van der Waals surface area contributed by atoms with Crippen LogP contribution in [0, 0.1) is 0 Å². The standard InChI is InChI=1S/C13H22N2O2/c1-3-14-10-12-6-4-7-13(15-12)11-17-9-5-8-16-2/h4,6-7,14H,3,5,8-11H2,1-2H3. The summed E-state index contributed by atoms with van der Waals surface area (Å²) in [6.07, 6.45) is 0.924. The molecule has 0 unspecified atom stereocenters. The van der Waals surface area contributed by atoms with Crippen LogP contribution >= 0.6 is 0 Å². The lowest BCUT2D eigenvalue weighted by atomic mass is 10.3. The van der Waals surface area contributed by atoms with Gasteiger partial charge in [-0.15, -0.1) is 0 Å².